The average molecular weight is 379 g/mol. The second kappa shape index (κ2) is 7.89. The summed E-state index contributed by atoms with van der Waals surface area (Å²) in [6.07, 6.45) is 0. The van der Waals surface area contributed by atoms with E-state index in [1.807, 2.05) is 12.1 Å². The van der Waals surface area contributed by atoms with Crippen molar-refractivity contribution >= 4 is 52.4 Å². The van der Waals surface area contributed by atoms with Gasteiger partial charge in [-0.1, -0.05) is 41.0 Å². The van der Waals surface area contributed by atoms with Crippen molar-refractivity contribution in [2.75, 3.05) is 16.8 Å². The van der Waals surface area contributed by atoms with E-state index in [1.54, 1.807) is 18.2 Å². The number of aromatic amines is 1. The largest absolute Gasteiger partial charge is 0.324 e. The Morgan fingerprint density at radius 3 is 2.67 bits per heavy atom. The SMILES string of the molecule is N#Cc1cc(C#N)c(SCC(=O)Nc2cccc(Cl)c2Cl)[nH+]c1N. The van der Waals surface area contributed by atoms with Crippen molar-refractivity contribution in [3.8, 4) is 12.1 Å². The first-order valence-electron chi connectivity index (χ1n) is 6.49. The molecule has 0 aliphatic carbocycles. The summed E-state index contributed by atoms with van der Waals surface area (Å²) in [5.74, 6) is -0.180. The third kappa shape index (κ3) is 4.09. The van der Waals surface area contributed by atoms with Gasteiger partial charge in [-0.2, -0.15) is 10.5 Å². The van der Waals surface area contributed by atoms with Gasteiger partial charge in [-0.25, -0.2) is 4.98 Å². The smallest absolute Gasteiger partial charge is 0.289 e. The molecule has 4 N–H and O–H groups in total. The summed E-state index contributed by atoms with van der Waals surface area (Å²) >= 11 is 13.0. The highest BCUT2D eigenvalue weighted by Crippen LogP contribution is 2.29. The summed E-state index contributed by atoms with van der Waals surface area (Å²) in [5.41, 5.74) is 6.50. The lowest BCUT2D eigenvalue weighted by Crippen LogP contribution is -2.19. The number of hydrogen-bond donors (Lipinski definition) is 2. The van der Waals surface area contributed by atoms with Crippen LogP contribution >= 0.6 is 35.0 Å². The number of amides is 1. The van der Waals surface area contributed by atoms with Gasteiger partial charge in [0.2, 0.25) is 5.91 Å². The number of nitrogens with zero attached hydrogens (tertiary/aromatic N) is 2. The average Bonchev–Trinajstić information content (AvgIpc) is 2.57. The van der Waals surface area contributed by atoms with Gasteiger partial charge in [-0.3, -0.25) is 10.5 Å². The number of thioether (sulfide) groups is 1. The van der Waals surface area contributed by atoms with Gasteiger partial charge in [0.1, 0.15) is 23.3 Å². The van der Waals surface area contributed by atoms with Crippen LogP contribution in [0, 0.1) is 22.7 Å². The van der Waals surface area contributed by atoms with Crippen LogP contribution in [0.4, 0.5) is 11.5 Å². The monoisotopic (exact) mass is 378 g/mol. The van der Waals surface area contributed by atoms with Gasteiger partial charge in [-0.15, -0.1) is 0 Å². The van der Waals surface area contributed by atoms with Gasteiger partial charge in [0.25, 0.3) is 5.82 Å². The van der Waals surface area contributed by atoms with Crippen LogP contribution in [0.1, 0.15) is 11.1 Å². The zero-order valence-electron chi connectivity index (χ0n) is 12.1. The molecule has 9 heteroatoms. The van der Waals surface area contributed by atoms with Crippen LogP contribution < -0.4 is 16.0 Å². The molecule has 0 unspecified atom stereocenters. The molecule has 0 fully saturated rings. The second-order valence-electron chi connectivity index (χ2n) is 4.50. The van der Waals surface area contributed by atoms with E-state index >= 15 is 0 Å². The third-order valence-electron chi connectivity index (χ3n) is 2.89. The molecule has 2 aromatic rings. The molecule has 0 saturated heterocycles. The molecule has 0 spiro atoms. The number of nitriles is 2. The number of rotatable bonds is 4. The zero-order valence-corrected chi connectivity index (χ0v) is 14.4. The number of pyridine rings is 1. The Hall–Kier alpha value is -2.45. The van der Waals surface area contributed by atoms with Crippen molar-refractivity contribution in [1.29, 1.82) is 10.5 Å². The Morgan fingerprint density at radius 2 is 2.00 bits per heavy atom. The quantitative estimate of drug-likeness (QED) is 0.793. The molecule has 2 rings (SSSR count). The Morgan fingerprint density at radius 1 is 1.29 bits per heavy atom. The van der Waals surface area contributed by atoms with Crippen molar-refractivity contribution in [3.05, 3.63) is 45.4 Å². The van der Waals surface area contributed by atoms with E-state index in [0.29, 0.717) is 15.7 Å². The van der Waals surface area contributed by atoms with Crippen molar-refractivity contribution in [2.24, 2.45) is 0 Å². The lowest BCUT2D eigenvalue weighted by Gasteiger charge is -2.08. The number of carbonyl (C=O) groups excluding carboxylic acids is 1. The molecule has 1 aromatic carbocycles. The molecule has 0 radical (unpaired) electrons. The van der Waals surface area contributed by atoms with Gasteiger partial charge < -0.3 is 5.32 Å². The highest BCUT2D eigenvalue weighted by Gasteiger charge is 2.16. The summed E-state index contributed by atoms with van der Waals surface area (Å²) in [6, 6.07) is 10.1. The van der Waals surface area contributed by atoms with Crippen LogP contribution in [0.5, 0.6) is 0 Å². The first-order chi connectivity index (χ1) is 11.5. The van der Waals surface area contributed by atoms with E-state index in [2.05, 4.69) is 10.3 Å². The summed E-state index contributed by atoms with van der Waals surface area (Å²) in [6.45, 7) is 0. The van der Waals surface area contributed by atoms with E-state index < -0.39 is 0 Å². The number of anilines is 2. The topological polar surface area (TPSA) is 117 Å². The molecule has 1 heterocycles. The standard InChI is InChI=1S/C15H9Cl2N5OS/c16-10-2-1-3-11(13(10)17)21-12(23)7-24-15-9(6-19)4-8(5-18)14(20)22-15/h1-4H,7H2,(H2,20,22)(H,21,23)/p+1. The van der Waals surface area contributed by atoms with Gasteiger partial charge in [-0.05, 0) is 18.2 Å². The molecule has 0 saturated carbocycles. The summed E-state index contributed by atoms with van der Waals surface area (Å²) in [4.78, 5) is 14.8. The number of nitrogen functional groups attached to an aromatic ring is 1. The normalized spacial score (nSPS) is 9.83. The maximum atomic E-state index is 12.0. The zero-order chi connectivity index (χ0) is 17.7. The number of hydrogen-bond acceptors (Lipinski definition) is 5. The minimum Gasteiger partial charge on any atom is -0.324 e. The minimum atomic E-state index is -0.329. The Balaban J connectivity index is 2.10. The van der Waals surface area contributed by atoms with Gasteiger partial charge in [0, 0.05) is 0 Å². The highest BCUT2D eigenvalue weighted by molar-refractivity contribution is 7.99. The molecule has 0 bridgehead atoms. The minimum absolute atomic E-state index is 0.0133. The maximum absolute atomic E-state index is 12.0. The fourth-order valence-electron chi connectivity index (χ4n) is 1.76. The maximum Gasteiger partial charge on any atom is 0.289 e. The Kier molecular flexibility index (Phi) is 5.88. The first kappa shape index (κ1) is 17.9. The van der Waals surface area contributed by atoms with Crippen LogP contribution in [0.25, 0.3) is 0 Å². The second-order valence-corrected chi connectivity index (χ2v) is 6.27. The summed E-state index contributed by atoms with van der Waals surface area (Å²) in [5, 5.41) is 21.7. The molecule has 24 heavy (non-hydrogen) atoms. The van der Waals surface area contributed by atoms with Crippen LogP contribution in [-0.4, -0.2) is 11.7 Å². The predicted molar refractivity (Wildman–Crippen MR) is 92.7 cm³/mol. The fraction of sp³-hybridized carbons (Fsp3) is 0.0667. The number of halogens is 2. The van der Waals surface area contributed by atoms with E-state index in [4.69, 9.17) is 39.5 Å². The van der Waals surface area contributed by atoms with Crippen LogP contribution in [0.2, 0.25) is 10.0 Å². The van der Waals surface area contributed by atoms with Crippen molar-refractivity contribution in [3.63, 3.8) is 0 Å². The molecule has 1 aromatic heterocycles. The van der Waals surface area contributed by atoms with Crippen molar-refractivity contribution in [2.45, 2.75) is 5.03 Å². The van der Waals surface area contributed by atoms with Crippen molar-refractivity contribution < 1.29 is 9.78 Å². The molecule has 0 aliphatic heterocycles. The first-order valence-corrected chi connectivity index (χ1v) is 8.23. The molecule has 0 aliphatic rings. The molecule has 0 atom stereocenters. The molecule has 1 amide bonds. The van der Waals surface area contributed by atoms with Gasteiger partial charge >= 0.3 is 0 Å². The summed E-state index contributed by atoms with van der Waals surface area (Å²) < 4.78 is 0. The number of H-pyrrole nitrogens is 1. The number of benzene rings is 1. The lowest BCUT2D eigenvalue weighted by molar-refractivity contribution is -0.410. The Bertz CT molecular complexity index is 889. The lowest BCUT2D eigenvalue weighted by atomic mass is 10.2. The van der Waals surface area contributed by atoms with Crippen LogP contribution in [-0.2, 0) is 4.79 Å². The number of aromatic nitrogens is 1. The highest BCUT2D eigenvalue weighted by atomic mass is 35.5. The molecular weight excluding hydrogens is 369 g/mol. The van der Waals surface area contributed by atoms with Crippen LogP contribution in [0.3, 0.4) is 0 Å². The Labute approximate surface area is 152 Å². The predicted octanol–water partition coefficient (Wildman–Crippen LogP) is 2.86. The third-order valence-corrected chi connectivity index (χ3v) is 4.72. The molecule has 6 nitrogen and oxygen atoms in total. The number of nitrogens with two attached hydrogens (primary N) is 1. The fourth-order valence-corrected chi connectivity index (χ4v) is 2.90. The van der Waals surface area contributed by atoms with E-state index in [0.717, 1.165) is 11.8 Å². The van der Waals surface area contributed by atoms with Gasteiger partial charge in [0.15, 0.2) is 5.03 Å². The summed E-state index contributed by atoms with van der Waals surface area (Å²) in [7, 11) is 0. The number of nitrogens with one attached hydrogen (secondary N) is 2. The van der Waals surface area contributed by atoms with E-state index in [1.165, 1.54) is 6.07 Å². The van der Waals surface area contributed by atoms with E-state index in [9.17, 15) is 4.79 Å². The van der Waals surface area contributed by atoms with Crippen molar-refractivity contribution in [1.82, 2.24) is 0 Å². The van der Waals surface area contributed by atoms with Gasteiger partial charge in [0.05, 0.1) is 21.5 Å². The number of carbonyl (C=O) groups is 1. The van der Waals surface area contributed by atoms with E-state index in [-0.39, 0.29) is 33.6 Å². The van der Waals surface area contributed by atoms with Crippen LogP contribution in [0.15, 0.2) is 29.3 Å². The molecular formula is C15H10Cl2N5OS+. The molecule has 120 valence electrons.